The molecule has 0 bridgehead atoms. The Balaban J connectivity index is 0.00000280. The Labute approximate surface area is 172 Å². The SMILES string of the molecule is Cl.NC(C(=O)N1CCN(C(=O)CCCc2ccccc2)CC1)c1ccccc1. The fourth-order valence-electron chi connectivity index (χ4n) is 3.42. The van der Waals surface area contributed by atoms with Crippen LogP contribution in [0, 0.1) is 0 Å². The fraction of sp³-hybridized carbons (Fsp3) is 0.364. The van der Waals surface area contributed by atoms with Crippen LogP contribution in [-0.2, 0) is 16.0 Å². The molecule has 2 amide bonds. The van der Waals surface area contributed by atoms with Gasteiger partial charge in [-0.1, -0.05) is 60.7 Å². The Morgan fingerprint density at radius 2 is 1.39 bits per heavy atom. The number of hydrogen-bond acceptors (Lipinski definition) is 3. The van der Waals surface area contributed by atoms with Crippen molar-refractivity contribution >= 4 is 24.2 Å². The molecule has 0 spiro atoms. The second kappa shape index (κ2) is 10.8. The van der Waals surface area contributed by atoms with Gasteiger partial charge in [-0.3, -0.25) is 9.59 Å². The second-order valence-corrected chi connectivity index (χ2v) is 6.93. The number of benzene rings is 2. The van der Waals surface area contributed by atoms with Crippen LogP contribution in [0.15, 0.2) is 60.7 Å². The quantitative estimate of drug-likeness (QED) is 0.809. The highest BCUT2D eigenvalue weighted by Crippen LogP contribution is 2.15. The monoisotopic (exact) mass is 401 g/mol. The minimum atomic E-state index is -0.640. The minimum Gasteiger partial charge on any atom is -0.339 e. The maximum atomic E-state index is 12.6. The number of amides is 2. The van der Waals surface area contributed by atoms with Crippen molar-refractivity contribution in [2.45, 2.75) is 25.3 Å². The number of hydrogen-bond donors (Lipinski definition) is 1. The van der Waals surface area contributed by atoms with E-state index in [2.05, 4.69) is 12.1 Å². The lowest BCUT2D eigenvalue weighted by atomic mass is 10.1. The van der Waals surface area contributed by atoms with E-state index in [1.54, 1.807) is 4.90 Å². The molecule has 0 radical (unpaired) electrons. The lowest BCUT2D eigenvalue weighted by Gasteiger charge is -2.36. The molecule has 5 nitrogen and oxygen atoms in total. The Morgan fingerprint density at radius 1 is 0.857 bits per heavy atom. The van der Waals surface area contributed by atoms with E-state index in [-0.39, 0.29) is 24.2 Å². The highest BCUT2D eigenvalue weighted by molar-refractivity contribution is 5.85. The summed E-state index contributed by atoms with van der Waals surface area (Å²) in [6.07, 6.45) is 2.31. The number of nitrogens with two attached hydrogens (primary N) is 1. The van der Waals surface area contributed by atoms with Crippen LogP contribution in [0.1, 0.15) is 30.0 Å². The zero-order chi connectivity index (χ0) is 19.1. The van der Waals surface area contributed by atoms with Crippen LogP contribution in [0.5, 0.6) is 0 Å². The van der Waals surface area contributed by atoms with Crippen LogP contribution in [-0.4, -0.2) is 47.8 Å². The fourth-order valence-corrected chi connectivity index (χ4v) is 3.42. The second-order valence-electron chi connectivity index (χ2n) is 6.93. The van der Waals surface area contributed by atoms with Crippen LogP contribution in [0.3, 0.4) is 0 Å². The average molecular weight is 402 g/mol. The number of rotatable bonds is 6. The van der Waals surface area contributed by atoms with Crippen LogP contribution in [0.4, 0.5) is 0 Å². The predicted molar refractivity (Wildman–Crippen MR) is 113 cm³/mol. The summed E-state index contributed by atoms with van der Waals surface area (Å²) in [5.41, 5.74) is 8.19. The van der Waals surface area contributed by atoms with Gasteiger partial charge in [0.15, 0.2) is 0 Å². The molecule has 1 saturated heterocycles. The van der Waals surface area contributed by atoms with Crippen molar-refractivity contribution < 1.29 is 9.59 Å². The molecule has 28 heavy (non-hydrogen) atoms. The molecular formula is C22H28ClN3O2. The summed E-state index contributed by atoms with van der Waals surface area (Å²) in [5, 5.41) is 0. The summed E-state index contributed by atoms with van der Waals surface area (Å²) in [6, 6.07) is 19.0. The first-order valence-electron chi connectivity index (χ1n) is 9.56. The molecule has 2 aromatic rings. The van der Waals surface area contributed by atoms with E-state index in [1.165, 1.54) is 5.56 Å². The van der Waals surface area contributed by atoms with Crippen molar-refractivity contribution in [1.29, 1.82) is 0 Å². The van der Waals surface area contributed by atoms with Gasteiger partial charge in [0.25, 0.3) is 0 Å². The van der Waals surface area contributed by atoms with Crippen LogP contribution < -0.4 is 5.73 Å². The van der Waals surface area contributed by atoms with Gasteiger partial charge in [-0.2, -0.15) is 0 Å². The predicted octanol–water partition coefficient (Wildman–Crippen LogP) is 2.80. The normalized spacial score (nSPS) is 14.9. The van der Waals surface area contributed by atoms with Crippen molar-refractivity contribution in [1.82, 2.24) is 9.80 Å². The van der Waals surface area contributed by atoms with Crippen molar-refractivity contribution in [3.63, 3.8) is 0 Å². The molecule has 2 N–H and O–H groups in total. The van der Waals surface area contributed by atoms with Gasteiger partial charge in [-0.15, -0.1) is 12.4 Å². The third-order valence-corrected chi connectivity index (χ3v) is 5.07. The van der Waals surface area contributed by atoms with Gasteiger partial charge in [-0.25, -0.2) is 0 Å². The number of carbonyl (C=O) groups excluding carboxylic acids is 2. The third kappa shape index (κ3) is 5.81. The van der Waals surface area contributed by atoms with Gasteiger partial charge in [0, 0.05) is 32.6 Å². The molecule has 2 aromatic carbocycles. The number of aryl methyl sites for hydroxylation is 1. The molecule has 1 aliphatic heterocycles. The molecule has 0 saturated carbocycles. The highest BCUT2D eigenvalue weighted by atomic mass is 35.5. The third-order valence-electron chi connectivity index (χ3n) is 5.07. The smallest absolute Gasteiger partial charge is 0.244 e. The summed E-state index contributed by atoms with van der Waals surface area (Å²) in [5.74, 6) is 0.0998. The van der Waals surface area contributed by atoms with Gasteiger partial charge < -0.3 is 15.5 Å². The zero-order valence-corrected chi connectivity index (χ0v) is 16.8. The Bertz CT molecular complexity index is 747. The topological polar surface area (TPSA) is 66.6 Å². The van der Waals surface area contributed by atoms with Crippen LogP contribution in [0.25, 0.3) is 0 Å². The number of piperazine rings is 1. The standard InChI is InChI=1S/C22H27N3O2.ClH/c23-21(19-11-5-2-6-12-19)22(27)25-16-14-24(15-17-25)20(26)13-7-10-18-8-3-1-4-9-18;/h1-6,8-9,11-12,21H,7,10,13-17,23H2;1H. The molecule has 1 heterocycles. The molecule has 1 fully saturated rings. The van der Waals surface area contributed by atoms with Crippen molar-refractivity contribution in [3.8, 4) is 0 Å². The highest BCUT2D eigenvalue weighted by Gasteiger charge is 2.27. The molecule has 0 aromatic heterocycles. The van der Waals surface area contributed by atoms with Gasteiger partial charge in [0.1, 0.15) is 6.04 Å². The maximum Gasteiger partial charge on any atom is 0.244 e. The molecule has 6 heteroatoms. The average Bonchev–Trinajstić information content (AvgIpc) is 2.74. The van der Waals surface area contributed by atoms with E-state index in [0.717, 1.165) is 18.4 Å². The first kappa shape index (κ1) is 21.9. The summed E-state index contributed by atoms with van der Waals surface area (Å²) in [4.78, 5) is 28.7. The number of nitrogens with zero attached hydrogens (tertiary/aromatic N) is 2. The Morgan fingerprint density at radius 3 is 2.00 bits per heavy atom. The lowest BCUT2D eigenvalue weighted by Crippen LogP contribution is -2.52. The van der Waals surface area contributed by atoms with Crippen molar-refractivity contribution in [3.05, 3.63) is 71.8 Å². The molecular weight excluding hydrogens is 374 g/mol. The molecule has 150 valence electrons. The van der Waals surface area contributed by atoms with Crippen molar-refractivity contribution in [2.24, 2.45) is 5.73 Å². The Kier molecular flexibility index (Phi) is 8.48. The summed E-state index contributed by atoms with van der Waals surface area (Å²) < 4.78 is 0. The van der Waals surface area contributed by atoms with Gasteiger partial charge in [0.2, 0.25) is 11.8 Å². The summed E-state index contributed by atoms with van der Waals surface area (Å²) in [6.45, 7) is 2.25. The van der Waals surface area contributed by atoms with E-state index < -0.39 is 6.04 Å². The van der Waals surface area contributed by atoms with E-state index >= 15 is 0 Å². The number of carbonyl (C=O) groups is 2. The summed E-state index contributed by atoms with van der Waals surface area (Å²) in [7, 11) is 0. The van der Waals surface area contributed by atoms with Crippen LogP contribution >= 0.6 is 12.4 Å². The molecule has 1 atom stereocenters. The van der Waals surface area contributed by atoms with E-state index in [4.69, 9.17) is 5.73 Å². The van der Waals surface area contributed by atoms with Gasteiger partial charge in [0.05, 0.1) is 0 Å². The van der Waals surface area contributed by atoms with Gasteiger partial charge in [-0.05, 0) is 24.0 Å². The van der Waals surface area contributed by atoms with E-state index in [0.29, 0.717) is 32.6 Å². The van der Waals surface area contributed by atoms with Crippen LogP contribution in [0.2, 0.25) is 0 Å². The van der Waals surface area contributed by atoms with E-state index in [9.17, 15) is 9.59 Å². The van der Waals surface area contributed by atoms with E-state index in [1.807, 2.05) is 53.4 Å². The summed E-state index contributed by atoms with van der Waals surface area (Å²) >= 11 is 0. The molecule has 1 aliphatic rings. The lowest BCUT2D eigenvalue weighted by molar-refractivity contribution is -0.140. The minimum absolute atomic E-state index is 0. The number of halogens is 1. The Hall–Kier alpha value is -2.37. The zero-order valence-electron chi connectivity index (χ0n) is 16.0. The maximum absolute atomic E-state index is 12.6. The van der Waals surface area contributed by atoms with Crippen molar-refractivity contribution in [2.75, 3.05) is 26.2 Å². The first-order valence-corrected chi connectivity index (χ1v) is 9.56. The molecule has 1 unspecified atom stereocenters. The first-order chi connectivity index (χ1) is 13.1. The molecule has 0 aliphatic carbocycles. The molecule has 3 rings (SSSR count). The van der Waals surface area contributed by atoms with Gasteiger partial charge >= 0.3 is 0 Å². The largest absolute Gasteiger partial charge is 0.339 e.